The highest BCUT2D eigenvalue weighted by Crippen LogP contribution is 2.40. The molecule has 2 heterocycles. The molecule has 0 aliphatic carbocycles. The molecule has 1 N–H and O–H groups in total. The highest BCUT2D eigenvalue weighted by atomic mass is 32.2. The number of hydrogen-bond acceptors (Lipinski definition) is 4. The van der Waals surface area contributed by atoms with Crippen LogP contribution in [0.1, 0.15) is 0 Å². The van der Waals surface area contributed by atoms with Crippen LogP contribution in [0.15, 0.2) is 66.9 Å². The Balaban J connectivity index is 1.72. The van der Waals surface area contributed by atoms with E-state index in [0.29, 0.717) is 5.94 Å². The zero-order valence-electron chi connectivity index (χ0n) is 11.8. The fraction of sp³-hybridized carbons (Fsp3) is 0.0556. The maximum absolute atomic E-state index is 5.67. The Bertz CT molecular complexity index is 788. The molecule has 4 rings (SSSR count). The lowest BCUT2D eigenvalue weighted by atomic mass is 10.0. The first-order valence-corrected chi connectivity index (χ1v) is 8.06. The van der Waals surface area contributed by atoms with Crippen LogP contribution in [0.2, 0.25) is 0 Å². The maximum Gasteiger partial charge on any atom is 0.153 e. The normalized spacial score (nSPS) is 12.9. The van der Waals surface area contributed by atoms with Gasteiger partial charge in [0, 0.05) is 17.3 Å². The smallest absolute Gasteiger partial charge is 0.153 e. The molecular weight excluding hydrogens is 292 g/mol. The second-order valence-corrected chi connectivity index (χ2v) is 5.71. The van der Waals surface area contributed by atoms with Crippen molar-refractivity contribution in [1.29, 1.82) is 0 Å². The van der Waals surface area contributed by atoms with Crippen LogP contribution in [0, 0.1) is 0 Å². The Morgan fingerprint density at radius 3 is 2.59 bits per heavy atom. The summed E-state index contributed by atoms with van der Waals surface area (Å²) >= 11 is 1.56. The van der Waals surface area contributed by atoms with Gasteiger partial charge in [-0.25, -0.2) is 0 Å². The molecule has 1 aromatic heterocycles. The molecule has 0 bridgehead atoms. The van der Waals surface area contributed by atoms with Gasteiger partial charge < -0.3 is 9.46 Å². The van der Waals surface area contributed by atoms with Crippen molar-refractivity contribution in [3.05, 3.63) is 66.9 Å². The van der Waals surface area contributed by atoms with Crippen molar-refractivity contribution in [2.24, 2.45) is 0 Å². The number of benzene rings is 2. The molecule has 0 radical (unpaired) electrons. The molecule has 3 aromatic rings. The van der Waals surface area contributed by atoms with Crippen molar-refractivity contribution in [2.45, 2.75) is 0 Å². The van der Waals surface area contributed by atoms with Crippen molar-refractivity contribution in [1.82, 2.24) is 4.98 Å². The standard InChI is InChI=1S/C18H14N2OS/c1-2-11-19-16(5-1)14-9-7-13(8-10-14)15-4-3-6-17-18(15)20-22-12-21-17/h1-11,20H,12H2. The van der Waals surface area contributed by atoms with E-state index in [0.717, 1.165) is 33.8 Å². The van der Waals surface area contributed by atoms with Crippen LogP contribution in [0.25, 0.3) is 22.4 Å². The molecule has 4 heteroatoms. The zero-order valence-corrected chi connectivity index (χ0v) is 12.6. The van der Waals surface area contributed by atoms with E-state index in [-0.39, 0.29) is 0 Å². The fourth-order valence-corrected chi connectivity index (χ4v) is 3.15. The topological polar surface area (TPSA) is 34.1 Å². The molecule has 108 valence electrons. The van der Waals surface area contributed by atoms with Gasteiger partial charge >= 0.3 is 0 Å². The summed E-state index contributed by atoms with van der Waals surface area (Å²) in [5, 5.41) is 0. The van der Waals surface area contributed by atoms with Gasteiger partial charge in [0.2, 0.25) is 0 Å². The largest absolute Gasteiger partial charge is 0.479 e. The summed E-state index contributed by atoms with van der Waals surface area (Å²) in [5.41, 5.74) is 5.46. The number of pyridine rings is 1. The van der Waals surface area contributed by atoms with E-state index in [1.165, 1.54) is 0 Å². The fourth-order valence-electron chi connectivity index (χ4n) is 2.55. The summed E-state index contributed by atoms with van der Waals surface area (Å²) in [4.78, 5) is 4.39. The van der Waals surface area contributed by atoms with Gasteiger partial charge in [0.15, 0.2) is 5.94 Å². The second-order valence-electron chi connectivity index (χ2n) is 4.98. The van der Waals surface area contributed by atoms with Crippen LogP contribution < -0.4 is 9.46 Å². The average molecular weight is 306 g/mol. The average Bonchev–Trinajstić information content (AvgIpc) is 2.62. The van der Waals surface area contributed by atoms with Crippen molar-refractivity contribution >= 4 is 17.6 Å². The molecule has 1 aliphatic heterocycles. The monoisotopic (exact) mass is 306 g/mol. The number of ether oxygens (including phenoxy) is 1. The van der Waals surface area contributed by atoms with Gasteiger partial charge in [0.1, 0.15) is 5.75 Å². The number of rotatable bonds is 2. The highest BCUT2D eigenvalue weighted by molar-refractivity contribution is 8.00. The molecule has 22 heavy (non-hydrogen) atoms. The first-order valence-electron chi connectivity index (χ1n) is 7.07. The molecular formula is C18H14N2OS. The van der Waals surface area contributed by atoms with Crippen LogP contribution in [-0.2, 0) is 0 Å². The number of nitrogens with zero attached hydrogens (tertiary/aromatic N) is 1. The summed E-state index contributed by atoms with van der Waals surface area (Å²) in [5.74, 6) is 1.54. The van der Waals surface area contributed by atoms with Gasteiger partial charge in [0.05, 0.1) is 11.4 Å². The lowest BCUT2D eigenvalue weighted by molar-refractivity contribution is 0.392. The quantitative estimate of drug-likeness (QED) is 0.688. The van der Waals surface area contributed by atoms with E-state index < -0.39 is 0 Å². The van der Waals surface area contributed by atoms with Crippen LogP contribution in [0.5, 0.6) is 5.75 Å². The Morgan fingerprint density at radius 2 is 1.77 bits per heavy atom. The SMILES string of the molecule is c1ccc(-c2ccc(-c3cccc4c3NSCO4)cc2)nc1. The molecule has 0 saturated heterocycles. The van der Waals surface area contributed by atoms with Gasteiger partial charge in [0.25, 0.3) is 0 Å². The van der Waals surface area contributed by atoms with Crippen LogP contribution in [-0.4, -0.2) is 10.9 Å². The molecule has 0 amide bonds. The Morgan fingerprint density at radius 1 is 0.909 bits per heavy atom. The van der Waals surface area contributed by atoms with Gasteiger partial charge in [-0.2, -0.15) is 0 Å². The predicted molar refractivity (Wildman–Crippen MR) is 91.8 cm³/mol. The molecule has 0 saturated carbocycles. The van der Waals surface area contributed by atoms with Gasteiger partial charge in [-0.15, -0.1) is 0 Å². The summed E-state index contributed by atoms with van der Waals surface area (Å²) < 4.78 is 9.02. The first-order chi connectivity index (χ1) is 10.9. The number of para-hydroxylation sites is 1. The summed E-state index contributed by atoms with van der Waals surface area (Å²) in [7, 11) is 0. The van der Waals surface area contributed by atoms with Crippen LogP contribution >= 0.6 is 11.9 Å². The summed E-state index contributed by atoms with van der Waals surface area (Å²) in [6.07, 6.45) is 1.81. The molecule has 1 aliphatic rings. The highest BCUT2D eigenvalue weighted by Gasteiger charge is 2.15. The second kappa shape index (κ2) is 5.73. The van der Waals surface area contributed by atoms with Crippen LogP contribution in [0.4, 0.5) is 5.69 Å². The molecule has 0 spiro atoms. The minimum Gasteiger partial charge on any atom is -0.479 e. The minimum atomic E-state index is 0.634. The van der Waals surface area contributed by atoms with Crippen LogP contribution in [0.3, 0.4) is 0 Å². The van der Waals surface area contributed by atoms with Gasteiger partial charge in [-0.05, 0) is 35.7 Å². The lowest BCUT2D eigenvalue weighted by Gasteiger charge is -2.21. The molecule has 3 nitrogen and oxygen atoms in total. The minimum absolute atomic E-state index is 0.634. The molecule has 0 unspecified atom stereocenters. The first kappa shape index (κ1) is 13.2. The lowest BCUT2D eigenvalue weighted by Crippen LogP contribution is -2.06. The maximum atomic E-state index is 5.67. The number of anilines is 1. The Hall–Kier alpha value is -2.46. The summed E-state index contributed by atoms with van der Waals surface area (Å²) in [6.45, 7) is 0. The molecule has 0 fully saturated rings. The Kier molecular flexibility index (Phi) is 3.45. The van der Waals surface area contributed by atoms with E-state index in [2.05, 4.69) is 40.0 Å². The number of aromatic nitrogens is 1. The molecule has 2 aromatic carbocycles. The third-order valence-electron chi connectivity index (χ3n) is 3.63. The molecule has 0 atom stereocenters. The van der Waals surface area contributed by atoms with Crippen molar-refractivity contribution < 1.29 is 4.74 Å². The third-order valence-corrected chi connectivity index (χ3v) is 4.21. The number of nitrogens with one attached hydrogen (secondary N) is 1. The number of fused-ring (bicyclic) bond motifs is 1. The van der Waals surface area contributed by atoms with Crippen molar-refractivity contribution in [3.8, 4) is 28.1 Å². The number of hydrogen-bond donors (Lipinski definition) is 1. The van der Waals surface area contributed by atoms with Crippen molar-refractivity contribution in [2.75, 3.05) is 10.7 Å². The van der Waals surface area contributed by atoms with E-state index in [9.17, 15) is 0 Å². The van der Waals surface area contributed by atoms with E-state index >= 15 is 0 Å². The Labute approximate surface area is 133 Å². The van der Waals surface area contributed by atoms with E-state index in [1.807, 2.05) is 36.5 Å². The predicted octanol–water partition coefficient (Wildman–Crippen LogP) is 4.83. The van der Waals surface area contributed by atoms with E-state index in [4.69, 9.17) is 4.74 Å². The zero-order chi connectivity index (χ0) is 14.8. The van der Waals surface area contributed by atoms with Gasteiger partial charge in [-0.1, -0.05) is 42.5 Å². The van der Waals surface area contributed by atoms with Gasteiger partial charge in [-0.3, -0.25) is 4.98 Å². The van der Waals surface area contributed by atoms with Crippen molar-refractivity contribution in [3.63, 3.8) is 0 Å². The third kappa shape index (κ3) is 2.42. The summed E-state index contributed by atoms with van der Waals surface area (Å²) in [6, 6.07) is 20.5. The van der Waals surface area contributed by atoms with E-state index in [1.54, 1.807) is 11.9 Å².